The molecule has 2 aromatic rings. The van der Waals surface area contributed by atoms with Gasteiger partial charge in [0, 0.05) is 18.8 Å². The lowest BCUT2D eigenvalue weighted by Crippen LogP contribution is -2.51. The Hall–Kier alpha value is -3.09. The fraction of sp³-hybridized carbons (Fsp3) is 0.381. The molecular formula is C21H23N3O4. The molecule has 2 aliphatic rings. The SMILES string of the molecule is Cc1cccc(NC(=O)C2CCCN(C(=O)C3COc4ccccc4O3)C2)n1. The Labute approximate surface area is 163 Å². The van der Waals surface area contributed by atoms with E-state index < -0.39 is 6.10 Å². The van der Waals surface area contributed by atoms with Crippen LogP contribution in [0.3, 0.4) is 0 Å². The second kappa shape index (κ2) is 7.88. The minimum atomic E-state index is -0.685. The van der Waals surface area contributed by atoms with Gasteiger partial charge in [-0.05, 0) is 44.0 Å². The summed E-state index contributed by atoms with van der Waals surface area (Å²) in [4.78, 5) is 31.6. The van der Waals surface area contributed by atoms with Crippen molar-refractivity contribution in [3.8, 4) is 11.5 Å². The molecule has 2 aliphatic heterocycles. The highest BCUT2D eigenvalue weighted by Gasteiger charge is 2.35. The van der Waals surface area contributed by atoms with E-state index in [1.807, 2.05) is 37.3 Å². The molecule has 146 valence electrons. The zero-order chi connectivity index (χ0) is 19.5. The molecule has 0 bridgehead atoms. The summed E-state index contributed by atoms with van der Waals surface area (Å²) in [5.41, 5.74) is 0.841. The molecule has 28 heavy (non-hydrogen) atoms. The van der Waals surface area contributed by atoms with Crippen molar-refractivity contribution in [2.24, 2.45) is 5.92 Å². The van der Waals surface area contributed by atoms with E-state index in [-0.39, 0.29) is 24.3 Å². The van der Waals surface area contributed by atoms with Crippen molar-refractivity contribution in [3.63, 3.8) is 0 Å². The standard InChI is InChI=1S/C21H23N3O4/c1-14-6-4-10-19(22-14)23-20(25)15-7-5-11-24(12-15)21(26)18-13-27-16-8-2-3-9-17(16)28-18/h2-4,6,8-10,15,18H,5,7,11-13H2,1H3,(H,22,23,25). The number of carbonyl (C=O) groups is 2. The van der Waals surface area contributed by atoms with Gasteiger partial charge in [-0.25, -0.2) is 4.98 Å². The third-order valence-electron chi connectivity index (χ3n) is 5.03. The first kappa shape index (κ1) is 18.3. The Morgan fingerprint density at radius 2 is 1.96 bits per heavy atom. The Balaban J connectivity index is 1.38. The lowest BCUT2D eigenvalue weighted by Gasteiger charge is -2.35. The molecule has 1 aromatic carbocycles. The molecule has 1 N–H and O–H groups in total. The first-order chi connectivity index (χ1) is 13.6. The number of ether oxygens (including phenoxy) is 2. The van der Waals surface area contributed by atoms with Gasteiger partial charge in [-0.1, -0.05) is 18.2 Å². The van der Waals surface area contributed by atoms with E-state index in [2.05, 4.69) is 10.3 Å². The zero-order valence-electron chi connectivity index (χ0n) is 15.8. The minimum Gasteiger partial charge on any atom is -0.485 e. The normalized spacial score (nSPS) is 21.1. The molecule has 2 atom stereocenters. The van der Waals surface area contributed by atoms with E-state index in [9.17, 15) is 9.59 Å². The van der Waals surface area contributed by atoms with Gasteiger partial charge in [0.2, 0.25) is 12.0 Å². The van der Waals surface area contributed by atoms with Crippen LogP contribution in [-0.4, -0.2) is 47.5 Å². The molecule has 1 saturated heterocycles. The summed E-state index contributed by atoms with van der Waals surface area (Å²) in [6.45, 7) is 3.04. The van der Waals surface area contributed by atoms with Crippen LogP contribution in [0.2, 0.25) is 0 Å². The van der Waals surface area contributed by atoms with Crippen LogP contribution in [0, 0.1) is 12.8 Å². The lowest BCUT2D eigenvalue weighted by atomic mass is 9.96. The maximum absolute atomic E-state index is 12.9. The number of piperidine rings is 1. The average Bonchev–Trinajstić information content (AvgIpc) is 2.73. The molecule has 3 heterocycles. The Bertz CT molecular complexity index is 885. The number of nitrogens with one attached hydrogen (secondary N) is 1. The molecule has 7 nitrogen and oxygen atoms in total. The summed E-state index contributed by atoms with van der Waals surface area (Å²) in [6.07, 6.45) is 0.830. The van der Waals surface area contributed by atoms with Gasteiger partial charge in [0.15, 0.2) is 11.5 Å². The summed E-state index contributed by atoms with van der Waals surface area (Å²) in [7, 11) is 0. The highest BCUT2D eigenvalue weighted by molar-refractivity contribution is 5.92. The summed E-state index contributed by atoms with van der Waals surface area (Å²) in [5.74, 6) is 1.24. The van der Waals surface area contributed by atoms with Gasteiger partial charge in [0.25, 0.3) is 5.91 Å². The van der Waals surface area contributed by atoms with Crippen LogP contribution in [0.15, 0.2) is 42.5 Å². The predicted molar refractivity (Wildman–Crippen MR) is 103 cm³/mol. The minimum absolute atomic E-state index is 0.109. The van der Waals surface area contributed by atoms with E-state index in [0.717, 1.165) is 18.5 Å². The molecule has 7 heteroatoms. The quantitative estimate of drug-likeness (QED) is 0.883. The van der Waals surface area contributed by atoms with Crippen molar-refractivity contribution >= 4 is 17.6 Å². The van der Waals surface area contributed by atoms with Gasteiger partial charge in [-0.3, -0.25) is 9.59 Å². The van der Waals surface area contributed by atoms with Gasteiger partial charge >= 0.3 is 0 Å². The van der Waals surface area contributed by atoms with Crippen LogP contribution < -0.4 is 14.8 Å². The molecular weight excluding hydrogens is 358 g/mol. The number of rotatable bonds is 3. The third-order valence-corrected chi connectivity index (χ3v) is 5.03. The number of carbonyl (C=O) groups excluding carboxylic acids is 2. The monoisotopic (exact) mass is 381 g/mol. The summed E-state index contributed by atoms with van der Waals surface area (Å²) in [6, 6.07) is 12.8. The number of aromatic nitrogens is 1. The summed E-state index contributed by atoms with van der Waals surface area (Å²) in [5, 5.41) is 2.86. The molecule has 0 spiro atoms. The first-order valence-electron chi connectivity index (χ1n) is 9.52. The van der Waals surface area contributed by atoms with Crippen molar-refractivity contribution in [3.05, 3.63) is 48.2 Å². The second-order valence-corrected chi connectivity index (χ2v) is 7.14. The average molecular weight is 381 g/mol. The van der Waals surface area contributed by atoms with Gasteiger partial charge in [-0.15, -0.1) is 0 Å². The third kappa shape index (κ3) is 3.93. The number of pyridine rings is 1. The molecule has 0 radical (unpaired) electrons. The topological polar surface area (TPSA) is 80.8 Å². The Morgan fingerprint density at radius 1 is 1.14 bits per heavy atom. The summed E-state index contributed by atoms with van der Waals surface area (Å²) >= 11 is 0. The largest absolute Gasteiger partial charge is 0.485 e. The maximum atomic E-state index is 12.9. The molecule has 1 aromatic heterocycles. The van der Waals surface area contributed by atoms with Gasteiger partial charge < -0.3 is 19.7 Å². The van der Waals surface area contributed by atoms with E-state index >= 15 is 0 Å². The Kier molecular flexibility index (Phi) is 5.14. The number of benzene rings is 1. The van der Waals surface area contributed by atoms with E-state index in [1.165, 1.54) is 0 Å². The molecule has 0 saturated carbocycles. The lowest BCUT2D eigenvalue weighted by molar-refractivity contribution is -0.143. The fourth-order valence-electron chi connectivity index (χ4n) is 3.58. The van der Waals surface area contributed by atoms with Crippen molar-refractivity contribution < 1.29 is 19.1 Å². The van der Waals surface area contributed by atoms with Gasteiger partial charge in [-0.2, -0.15) is 0 Å². The fourth-order valence-corrected chi connectivity index (χ4v) is 3.58. The Morgan fingerprint density at radius 3 is 2.79 bits per heavy atom. The highest BCUT2D eigenvalue weighted by Crippen LogP contribution is 2.31. The van der Waals surface area contributed by atoms with E-state index in [4.69, 9.17) is 9.47 Å². The zero-order valence-corrected chi connectivity index (χ0v) is 15.8. The second-order valence-electron chi connectivity index (χ2n) is 7.14. The van der Waals surface area contributed by atoms with Crippen LogP contribution in [0.25, 0.3) is 0 Å². The van der Waals surface area contributed by atoms with Gasteiger partial charge in [0.1, 0.15) is 12.4 Å². The van der Waals surface area contributed by atoms with Crippen molar-refractivity contribution in [2.45, 2.75) is 25.9 Å². The molecule has 2 unspecified atom stereocenters. The number of amides is 2. The molecule has 2 amide bonds. The molecule has 4 rings (SSSR count). The van der Waals surface area contributed by atoms with Crippen LogP contribution >= 0.6 is 0 Å². The summed E-state index contributed by atoms with van der Waals surface area (Å²) < 4.78 is 11.5. The van der Waals surface area contributed by atoms with Crippen molar-refractivity contribution in [1.29, 1.82) is 0 Å². The van der Waals surface area contributed by atoms with Crippen molar-refractivity contribution in [1.82, 2.24) is 9.88 Å². The number of hydrogen-bond donors (Lipinski definition) is 1. The van der Waals surface area contributed by atoms with Crippen LogP contribution in [0.4, 0.5) is 5.82 Å². The van der Waals surface area contributed by atoms with E-state index in [0.29, 0.717) is 30.4 Å². The number of anilines is 1. The number of nitrogens with zero attached hydrogens (tertiary/aromatic N) is 2. The predicted octanol–water partition coefficient (Wildman–Crippen LogP) is 2.41. The van der Waals surface area contributed by atoms with Crippen LogP contribution in [0.5, 0.6) is 11.5 Å². The number of hydrogen-bond acceptors (Lipinski definition) is 5. The maximum Gasteiger partial charge on any atom is 0.267 e. The molecule has 1 fully saturated rings. The van der Waals surface area contributed by atoms with Crippen LogP contribution in [-0.2, 0) is 9.59 Å². The highest BCUT2D eigenvalue weighted by atomic mass is 16.6. The van der Waals surface area contributed by atoms with Gasteiger partial charge in [0.05, 0.1) is 5.92 Å². The number of fused-ring (bicyclic) bond motifs is 1. The first-order valence-corrected chi connectivity index (χ1v) is 9.52. The van der Waals surface area contributed by atoms with Crippen LogP contribution in [0.1, 0.15) is 18.5 Å². The van der Waals surface area contributed by atoms with E-state index in [1.54, 1.807) is 17.0 Å². The van der Waals surface area contributed by atoms with Crippen molar-refractivity contribution in [2.75, 3.05) is 25.0 Å². The smallest absolute Gasteiger partial charge is 0.267 e. The number of aryl methyl sites for hydroxylation is 1. The number of likely N-dealkylation sites (tertiary alicyclic amines) is 1. The number of para-hydroxylation sites is 2. The molecule has 0 aliphatic carbocycles.